The molecule has 1 saturated heterocycles. The molecular weight excluding hydrogens is 276 g/mol. The lowest BCUT2D eigenvalue weighted by atomic mass is 9.91. The highest BCUT2D eigenvalue weighted by atomic mass is 16.6. The molecule has 6 nitrogen and oxygen atoms in total. The minimum atomic E-state index is -0.641. The molecule has 1 aliphatic heterocycles. The maximum atomic E-state index is 11.3. The van der Waals surface area contributed by atoms with E-state index < -0.39 is 30.3 Å². The van der Waals surface area contributed by atoms with Crippen LogP contribution in [-0.4, -0.2) is 49.6 Å². The molecule has 0 bridgehead atoms. The Labute approximate surface area is 125 Å². The summed E-state index contributed by atoms with van der Waals surface area (Å²) in [6.07, 6.45) is 0.372. The molecule has 5 atom stereocenters. The molecule has 0 amide bonds. The molecule has 1 fully saturated rings. The topological polar surface area (TPSA) is 71.1 Å². The molecule has 0 saturated carbocycles. The van der Waals surface area contributed by atoms with Gasteiger partial charge in [-0.15, -0.1) is 6.58 Å². The second kappa shape index (κ2) is 8.14. The fourth-order valence-electron chi connectivity index (χ4n) is 2.61. The van der Waals surface area contributed by atoms with Crippen LogP contribution in [0.1, 0.15) is 33.6 Å². The molecule has 1 unspecified atom stereocenters. The highest BCUT2D eigenvalue weighted by Crippen LogP contribution is 2.31. The van der Waals surface area contributed by atoms with Crippen molar-refractivity contribution >= 4 is 11.9 Å². The van der Waals surface area contributed by atoms with Gasteiger partial charge in [0.05, 0.1) is 6.10 Å². The smallest absolute Gasteiger partial charge is 0.303 e. The molecule has 6 heteroatoms. The first-order chi connectivity index (χ1) is 9.94. The third kappa shape index (κ3) is 4.54. The zero-order valence-electron chi connectivity index (χ0n) is 13.0. The van der Waals surface area contributed by atoms with Crippen LogP contribution in [0.5, 0.6) is 0 Å². The Morgan fingerprint density at radius 1 is 1.10 bits per heavy atom. The van der Waals surface area contributed by atoms with Crippen molar-refractivity contribution < 1.29 is 28.5 Å². The normalized spacial score (nSPS) is 32.3. The SMILES string of the molecule is C=CCC1O[C@@H](CC)[C@@H](OC(C)=O)[C@H](OC)[C@H]1OC(C)=O. The highest BCUT2D eigenvalue weighted by Gasteiger charge is 2.48. The van der Waals surface area contributed by atoms with Crippen LogP contribution in [0.2, 0.25) is 0 Å². The molecule has 0 aromatic carbocycles. The summed E-state index contributed by atoms with van der Waals surface area (Å²) in [5, 5.41) is 0. The summed E-state index contributed by atoms with van der Waals surface area (Å²) in [5.74, 6) is -0.857. The lowest BCUT2D eigenvalue weighted by Crippen LogP contribution is -2.60. The molecular formula is C15H24O6. The van der Waals surface area contributed by atoms with Gasteiger partial charge in [0.1, 0.15) is 12.2 Å². The minimum Gasteiger partial charge on any atom is -0.457 e. The van der Waals surface area contributed by atoms with Gasteiger partial charge in [-0.2, -0.15) is 0 Å². The van der Waals surface area contributed by atoms with E-state index in [-0.39, 0.29) is 12.2 Å². The van der Waals surface area contributed by atoms with Crippen LogP contribution < -0.4 is 0 Å². The first-order valence-corrected chi connectivity index (χ1v) is 7.08. The minimum absolute atomic E-state index is 0.310. The largest absolute Gasteiger partial charge is 0.457 e. The number of carbonyl (C=O) groups excluding carboxylic acids is 2. The maximum absolute atomic E-state index is 11.3. The van der Waals surface area contributed by atoms with E-state index in [0.29, 0.717) is 12.8 Å². The summed E-state index contributed by atoms with van der Waals surface area (Å²) in [6.45, 7) is 8.28. The van der Waals surface area contributed by atoms with Gasteiger partial charge < -0.3 is 18.9 Å². The van der Waals surface area contributed by atoms with E-state index in [2.05, 4.69) is 6.58 Å². The van der Waals surface area contributed by atoms with Crippen molar-refractivity contribution in [1.82, 2.24) is 0 Å². The molecule has 1 aliphatic rings. The average Bonchev–Trinajstić information content (AvgIpc) is 2.40. The lowest BCUT2D eigenvalue weighted by molar-refractivity contribution is -0.244. The molecule has 1 rings (SSSR count). The van der Waals surface area contributed by atoms with E-state index in [1.165, 1.54) is 21.0 Å². The summed E-state index contributed by atoms with van der Waals surface area (Å²) in [5.41, 5.74) is 0. The van der Waals surface area contributed by atoms with Crippen molar-refractivity contribution in [1.29, 1.82) is 0 Å². The van der Waals surface area contributed by atoms with E-state index >= 15 is 0 Å². The number of esters is 2. The van der Waals surface area contributed by atoms with Gasteiger partial charge in [-0.25, -0.2) is 0 Å². The fraction of sp³-hybridized carbons (Fsp3) is 0.733. The van der Waals surface area contributed by atoms with Crippen LogP contribution in [0.25, 0.3) is 0 Å². The predicted octanol–water partition coefficient (Wildman–Crippen LogP) is 1.62. The molecule has 120 valence electrons. The zero-order valence-corrected chi connectivity index (χ0v) is 13.0. The van der Waals surface area contributed by atoms with E-state index in [1.807, 2.05) is 6.92 Å². The number of rotatable bonds is 6. The number of ether oxygens (including phenoxy) is 4. The summed E-state index contributed by atoms with van der Waals surface area (Å²) in [7, 11) is 1.50. The zero-order chi connectivity index (χ0) is 16.0. The summed E-state index contributed by atoms with van der Waals surface area (Å²) in [4.78, 5) is 22.7. The Balaban J connectivity index is 3.05. The quantitative estimate of drug-likeness (QED) is 0.548. The van der Waals surface area contributed by atoms with Crippen molar-refractivity contribution in [2.45, 2.75) is 64.1 Å². The fourth-order valence-corrected chi connectivity index (χ4v) is 2.61. The Morgan fingerprint density at radius 3 is 2.00 bits per heavy atom. The van der Waals surface area contributed by atoms with Gasteiger partial charge in [0.15, 0.2) is 12.2 Å². The maximum Gasteiger partial charge on any atom is 0.303 e. The predicted molar refractivity (Wildman–Crippen MR) is 75.7 cm³/mol. The van der Waals surface area contributed by atoms with Gasteiger partial charge in [0, 0.05) is 21.0 Å². The molecule has 0 aromatic heterocycles. The van der Waals surface area contributed by atoms with E-state index in [1.54, 1.807) is 6.08 Å². The molecule has 0 radical (unpaired) electrons. The Kier molecular flexibility index (Phi) is 6.84. The Hall–Kier alpha value is -1.40. The van der Waals surface area contributed by atoms with E-state index in [4.69, 9.17) is 18.9 Å². The van der Waals surface area contributed by atoms with E-state index in [9.17, 15) is 9.59 Å². The Morgan fingerprint density at radius 2 is 1.62 bits per heavy atom. The molecule has 0 spiro atoms. The van der Waals surface area contributed by atoms with Crippen molar-refractivity contribution in [3.05, 3.63) is 12.7 Å². The van der Waals surface area contributed by atoms with Gasteiger partial charge in [0.25, 0.3) is 0 Å². The van der Waals surface area contributed by atoms with Crippen LogP contribution in [0.15, 0.2) is 12.7 Å². The molecule has 0 N–H and O–H groups in total. The number of carbonyl (C=O) groups is 2. The average molecular weight is 300 g/mol. The van der Waals surface area contributed by atoms with Crippen LogP contribution in [0.4, 0.5) is 0 Å². The van der Waals surface area contributed by atoms with Crippen LogP contribution in [0, 0.1) is 0 Å². The summed E-state index contributed by atoms with van der Waals surface area (Å²) < 4.78 is 22.1. The second-order valence-electron chi connectivity index (χ2n) is 4.99. The van der Waals surface area contributed by atoms with Crippen LogP contribution >= 0.6 is 0 Å². The molecule has 1 heterocycles. The van der Waals surface area contributed by atoms with Crippen molar-refractivity contribution in [3.63, 3.8) is 0 Å². The summed E-state index contributed by atoms with van der Waals surface area (Å²) in [6, 6.07) is 0. The van der Waals surface area contributed by atoms with Crippen LogP contribution in [-0.2, 0) is 28.5 Å². The third-order valence-corrected chi connectivity index (χ3v) is 3.41. The van der Waals surface area contributed by atoms with E-state index in [0.717, 1.165) is 0 Å². The first kappa shape index (κ1) is 17.7. The number of hydrogen-bond donors (Lipinski definition) is 0. The Bertz CT molecular complexity index is 380. The van der Waals surface area contributed by atoms with Gasteiger partial charge in [-0.1, -0.05) is 13.0 Å². The number of methoxy groups -OCH3 is 1. The van der Waals surface area contributed by atoms with Crippen molar-refractivity contribution in [2.75, 3.05) is 7.11 Å². The van der Waals surface area contributed by atoms with Gasteiger partial charge >= 0.3 is 11.9 Å². The standard InChI is InChI=1S/C15H24O6/c1-6-8-12-14(20-10(4)17)15(18-5)13(19-9(3)16)11(7-2)21-12/h6,11-15H,1,7-8H2,2-5H3/t11-,12?,13+,14-,15-/m0/s1. The number of hydrogen-bond acceptors (Lipinski definition) is 6. The van der Waals surface area contributed by atoms with Crippen molar-refractivity contribution in [3.8, 4) is 0 Å². The lowest BCUT2D eigenvalue weighted by Gasteiger charge is -2.44. The first-order valence-electron chi connectivity index (χ1n) is 7.08. The molecule has 21 heavy (non-hydrogen) atoms. The van der Waals surface area contributed by atoms with Crippen LogP contribution in [0.3, 0.4) is 0 Å². The highest BCUT2D eigenvalue weighted by molar-refractivity contribution is 5.67. The monoisotopic (exact) mass is 300 g/mol. The molecule has 0 aromatic rings. The third-order valence-electron chi connectivity index (χ3n) is 3.41. The van der Waals surface area contributed by atoms with Gasteiger partial charge in [-0.05, 0) is 12.8 Å². The van der Waals surface area contributed by atoms with Crippen molar-refractivity contribution in [2.24, 2.45) is 0 Å². The van der Waals surface area contributed by atoms with Gasteiger partial charge in [-0.3, -0.25) is 9.59 Å². The molecule has 0 aliphatic carbocycles. The van der Waals surface area contributed by atoms with Gasteiger partial charge in [0.2, 0.25) is 0 Å². The summed E-state index contributed by atoms with van der Waals surface area (Å²) >= 11 is 0. The second-order valence-corrected chi connectivity index (χ2v) is 4.99.